The van der Waals surface area contributed by atoms with Gasteiger partial charge in [0, 0.05) is 13.1 Å². The van der Waals surface area contributed by atoms with Crippen LogP contribution in [0.2, 0.25) is 0 Å². The molecule has 11 heteroatoms. The Morgan fingerprint density at radius 1 is 1.15 bits per heavy atom. The number of nitrogens with zero attached hydrogens (tertiary/aromatic N) is 1. The lowest BCUT2D eigenvalue weighted by atomic mass is 10.1. The second-order valence-electron chi connectivity index (χ2n) is 7.77. The van der Waals surface area contributed by atoms with Gasteiger partial charge in [0.1, 0.15) is 17.8 Å². The van der Waals surface area contributed by atoms with Crippen molar-refractivity contribution in [3.63, 3.8) is 0 Å². The van der Waals surface area contributed by atoms with E-state index in [0.29, 0.717) is 19.4 Å². The van der Waals surface area contributed by atoms with Crippen molar-refractivity contribution >= 4 is 21.8 Å². The molecule has 0 unspecified atom stereocenters. The predicted octanol–water partition coefficient (Wildman–Crippen LogP) is 1.35. The second-order valence-corrected chi connectivity index (χ2v) is 9.63. The lowest BCUT2D eigenvalue weighted by Crippen LogP contribution is -2.53. The van der Waals surface area contributed by atoms with Crippen LogP contribution in [-0.2, 0) is 30.8 Å². The second kappa shape index (κ2) is 11.4. The summed E-state index contributed by atoms with van der Waals surface area (Å²) in [6.45, 7) is 2.04. The molecule has 2 N–H and O–H groups in total. The standard InChI is InChI=1S/C23H28FN3O6S/c1-16-14-18(24)6-9-20(16)34(30,31)27-12-3-13-33-21(27)15-26-23(29)22(28)25-11-10-17-4-7-19(32-2)8-5-17/h4-9,14,21H,3,10-13,15H2,1-2H3,(H,25,28)(H,26,29)/t21-/m0/s1. The molecule has 3 rings (SSSR count). The zero-order chi connectivity index (χ0) is 24.7. The number of hydrogen-bond donors (Lipinski definition) is 2. The smallest absolute Gasteiger partial charge is 0.309 e. The summed E-state index contributed by atoms with van der Waals surface area (Å²) < 4.78 is 51.5. The molecule has 1 aliphatic rings. The van der Waals surface area contributed by atoms with Crippen LogP contribution < -0.4 is 15.4 Å². The van der Waals surface area contributed by atoms with E-state index in [2.05, 4.69) is 10.6 Å². The summed E-state index contributed by atoms with van der Waals surface area (Å²) in [4.78, 5) is 24.3. The largest absolute Gasteiger partial charge is 0.497 e. The van der Waals surface area contributed by atoms with E-state index in [1.54, 1.807) is 19.2 Å². The molecule has 1 aliphatic heterocycles. The van der Waals surface area contributed by atoms with Gasteiger partial charge in [0.05, 0.1) is 25.2 Å². The Hall–Kier alpha value is -3.02. The molecule has 2 aromatic rings. The number of hydrogen-bond acceptors (Lipinski definition) is 6. The molecule has 9 nitrogen and oxygen atoms in total. The lowest BCUT2D eigenvalue weighted by molar-refractivity contribution is -0.140. The zero-order valence-electron chi connectivity index (χ0n) is 19.0. The van der Waals surface area contributed by atoms with Crippen LogP contribution in [0.3, 0.4) is 0 Å². The van der Waals surface area contributed by atoms with Crippen molar-refractivity contribution in [3.8, 4) is 5.75 Å². The number of methoxy groups -OCH3 is 1. The quantitative estimate of drug-likeness (QED) is 0.537. The summed E-state index contributed by atoms with van der Waals surface area (Å²) >= 11 is 0. The molecule has 34 heavy (non-hydrogen) atoms. The molecule has 1 fully saturated rings. The van der Waals surface area contributed by atoms with Crippen LogP contribution in [0.5, 0.6) is 5.75 Å². The maximum atomic E-state index is 13.4. The van der Waals surface area contributed by atoms with Crippen LogP contribution in [0.4, 0.5) is 4.39 Å². The van der Waals surface area contributed by atoms with E-state index in [-0.39, 0.29) is 30.1 Å². The van der Waals surface area contributed by atoms with E-state index >= 15 is 0 Å². The van der Waals surface area contributed by atoms with Crippen LogP contribution in [0.25, 0.3) is 0 Å². The molecule has 1 saturated heterocycles. The SMILES string of the molecule is COc1ccc(CCNC(=O)C(=O)NC[C@@H]2OCCCN2S(=O)(=O)c2ccc(F)cc2C)cc1. The maximum absolute atomic E-state index is 13.4. The maximum Gasteiger partial charge on any atom is 0.309 e. The zero-order valence-corrected chi connectivity index (χ0v) is 19.9. The third kappa shape index (κ3) is 6.31. The Morgan fingerprint density at radius 2 is 1.85 bits per heavy atom. The molecule has 2 aromatic carbocycles. The van der Waals surface area contributed by atoms with Gasteiger partial charge < -0.3 is 20.1 Å². The van der Waals surface area contributed by atoms with E-state index in [1.807, 2.05) is 12.1 Å². The molecule has 0 aromatic heterocycles. The highest BCUT2D eigenvalue weighted by atomic mass is 32.2. The molecular formula is C23H28FN3O6S. The number of rotatable bonds is 8. The van der Waals surface area contributed by atoms with Crippen LogP contribution in [0.15, 0.2) is 47.4 Å². The van der Waals surface area contributed by atoms with Gasteiger partial charge in [0.2, 0.25) is 10.0 Å². The number of ether oxygens (including phenoxy) is 2. The van der Waals surface area contributed by atoms with E-state index in [0.717, 1.165) is 27.8 Å². The van der Waals surface area contributed by atoms with E-state index in [9.17, 15) is 22.4 Å². The summed E-state index contributed by atoms with van der Waals surface area (Å²) in [5.41, 5.74) is 1.23. The number of aryl methyl sites for hydroxylation is 1. The van der Waals surface area contributed by atoms with Crippen molar-refractivity contribution < 1.29 is 31.9 Å². The van der Waals surface area contributed by atoms with E-state index in [1.165, 1.54) is 13.0 Å². The highest BCUT2D eigenvalue weighted by Crippen LogP contribution is 2.25. The van der Waals surface area contributed by atoms with Gasteiger partial charge in [-0.15, -0.1) is 0 Å². The molecule has 1 heterocycles. The minimum absolute atomic E-state index is 0.0352. The van der Waals surface area contributed by atoms with Crippen molar-refractivity contribution in [3.05, 3.63) is 59.4 Å². The normalized spacial score (nSPS) is 16.6. The van der Waals surface area contributed by atoms with Crippen LogP contribution in [0, 0.1) is 12.7 Å². The number of halogens is 1. The topological polar surface area (TPSA) is 114 Å². The molecule has 0 aliphatic carbocycles. The first-order valence-electron chi connectivity index (χ1n) is 10.8. The van der Waals surface area contributed by atoms with Gasteiger partial charge in [-0.25, -0.2) is 12.8 Å². The molecule has 2 amide bonds. The van der Waals surface area contributed by atoms with Gasteiger partial charge >= 0.3 is 11.8 Å². The van der Waals surface area contributed by atoms with Crippen LogP contribution in [-0.4, -0.2) is 64.1 Å². The Bertz CT molecular complexity index is 1120. The number of carbonyl (C=O) groups excluding carboxylic acids is 2. The molecule has 0 radical (unpaired) electrons. The lowest BCUT2D eigenvalue weighted by Gasteiger charge is -2.34. The molecule has 0 spiro atoms. The Balaban J connectivity index is 1.54. The molecule has 0 bridgehead atoms. The summed E-state index contributed by atoms with van der Waals surface area (Å²) in [5, 5.41) is 4.97. The van der Waals surface area contributed by atoms with Gasteiger partial charge in [-0.3, -0.25) is 9.59 Å². The summed E-state index contributed by atoms with van der Waals surface area (Å²) in [7, 11) is -2.42. The Kier molecular flexibility index (Phi) is 8.59. The molecule has 184 valence electrons. The minimum atomic E-state index is -4.00. The first kappa shape index (κ1) is 25.6. The van der Waals surface area contributed by atoms with E-state index < -0.39 is 33.9 Å². The number of nitrogens with one attached hydrogen (secondary N) is 2. The van der Waals surface area contributed by atoms with Crippen molar-refractivity contribution in [2.45, 2.75) is 30.9 Å². The molecule has 0 saturated carbocycles. The number of sulfonamides is 1. The number of benzene rings is 2. The Morgan fingerprint density at radius 3 is 2.53 bits per heavy atom. The van der Waals surface area contributed by atoms with Crippen molar-refractivity contribution in [2.24, 2.45) is 0 Å². The number of amides is 2. The van der Waals surface area contributed by atoms with Crippen LogP contribution >= 0.6 is 0 Å². The fourth-order valence-electron chi connectivity index (χ4n) is 3.58. The van der Waals surface area contributed by atoms with E-state index in [4.69, 9.17) is 9.47 Å². The van der Waals surface area contributed by atoms with Crippen molar-refractivity contribution in [1.29, 1.82) is 0 Å². The third-order valence-corrected chi connectivity index (χ3v) is 7.43. The van der Waals surface area contributed by atoms with Gasteiger partial charge in [0.25, 0.3) is 0 Å². The van der Waals surface area contributed by atoms with Gasteiger partial charge in [-0.1, -0.05) is 12.1 Å². The summed E-state index contributed by atoms with van der Waals surface area (Å²) in [6, 6.07) is 10.8. The average molecular weight is 494 g/mol. The fraction of sp³-hybridized carbons (Fsp3) is 0.391. The van der Waals surface area contributed by atoms with Gasteiger partial charge in [-0.2, -0.15) is 4.31 Å². The fourth-order valence-corrected chi connectivity index (χ4v) is 5.36. The Labute approximate surface area is 198 Å². The third-order valence-electron chi connectivity index (χ3n) is 5.38. The highest BCUT2D eigenvalue weighted by molar-refractivity contribution is 7.89. The van der Waals surface area contributed by atoms with Gasteiger partial charge in [-0.05, 0) is 61.2 Å². The van der Waals surface area contributed by atoms with Gasteiger partial charge in [0.15, 0.2) is 0 Å². The van der Waals surface area contributed by atoms with Crippen molar-refractivity contribution in [1.82, 2.24) is 14.9 Å². The molecule has 1 atom stereocenters. The summed E-state index contributed by atoms with van der Waals surface area (Å²) in [6.07, 6.45) is 0.00681. The van der Waals surface area contributed by atoms with Crippen LogP contribution in [0.1, 0.15) is 17.5 Å². The first-order chi connectivity index (χ1) is 16.2. The average Bonchev–Trinajstić information content (AvgIpc) is 2.82. The first-order valence-corrected chi connectivity index (χ1v) is 12.2. The predicted molar refractivity (Wildman–Crippen MR) is 122 cm³/mol. The highest BCUT2D eigenvalue weighted by Gasteiger charge is 2.35. The van der Waals surface area contributed by atoms with Crippen molar-refractivity contribution in [2.75, 3.05) is 33.4 Å². The summed E-state index contributed by atoms with van der Waals surface area (Å²) in [5.74, 6) is -1.52. The minimum Gasteiger partial charge on any atom is -0.497 e. The molecular weight excluding hydrogens is 465 g/mol. The monoisotopic (exact) mass is 493 g/mol. The number of carbonyl (C=O) groups is 2.